The fourth-order valence-electron chi connectivity index (χ4n) is 3.84. The summed E-state index contributed by atoms with van der Waals surface area (Å²) in [7, 11) is 0. The van der Waals surface area contributed by atoms with Crippen LogP contribution in [-0.4, -0.2) is 36.1 Å². The molecular formula is C20H26N2O3. The number of aryl methyl sites for hydroxylation is 1. The first-order valence-corrected chi connectivity index (χ1v) is 8.97. The van der Waals surface area contributed by atoms with Crippen LogP contribution in [0.4, 0.5) is 10.5 Å². The van der Waals surface area contributed by atoms with E-state index in [1.54, 1.807) is 11.8 Å². The Kier molecular flexibility index (Phi) is 5.11. The number of amides is 2. The van der Waals surface area contributed by atoms with Gasteiger partial charge in [-0.1, -0.05) is 29.3 Å². The van der Waals surface area contributed by atoms with Crippen molar-refractivity contribution in [2.45, 2.75) is 39.7 Å². The van der Waals surface area contributed by atoms with E-state index in [0.29, 0.717) is 19.1 Å². The molecule has 134 valence electrons. The summed E-state index contributed by atoms with van der Waals surface area (Å²) in [5.74, 6) is 0.151. The molecule has 1 saturated heterocycles. The third-order valence-corrected chi connectivity index (χ3v) is 5.21. The molecule has 0 unspecified atom stereocenters. The molecule has 0 radical (unpaired) electrons. The van der Waals surface area contributed by atoms with Gasteiger partial charge in [0.1, 0.15) is 6.04 Å². The number of urea groups is 1. The van der Waals surface area contributed by atoms with E-state index in [0.717, 1.165) is 24.1 Å². The number of anilines is 1. The first-order valence-electron chi connectivity index (χ1n) is 8.97. The van der Waals surface area contributed by atoms with Crippen LogP contribution in [0.15, 0.2) is 35.9 Å². The van der Waals surface area contributed by atoms with E-state index in [1.807, 2.05) is 31.2 Å². The van der Waals surface area contributed by atoms with Crippen molar-refractivity contribution in [2.24, 2.45) is 11.8 Å². The molecule has 5 heteroatoms. The molecule has 0 saturated carbocycles. The molecule has 3 atom stereocenters. The molecule has 2 aliphatic rings. The molecule has 1 N–H and O–H groups in total. The number of nitrogens with zero attached hydrogens (tertiary/aromatic N) is 1. The van der Waals surface area contributed by atoms with Gasteiger partial charge in [-0.15, -0.1) is 0 Å². The lowest BCUT2D eigenvalue weighted by atomic mass is 9.73. The zero-order valence-electron chi connectivity index (χ0n) is 15.1. The predicted octanol–water partition coefficient (Wildman–Crippen LogP) is 3.75. The molecule has 1 aliphatic heterocycles. The highest BCUT2D eigenvalue weighted by Crippen LogP contribution is 2.39. The minimum atomic E-state index is -0.543. The summed E-state index contributed by atoms with van der Waals surface area (Å²) in [4.78, 5) is 27.2. The fraction of sp³-hybridized carbons (Fsp3) is 0.500. The summed E-state index contributed by atoms with van der Waals surface area (Å²) in [5.41, 5.74) is 3.05. The molecule has 1 heterocycles. The number of hydrogen-bond donors (Lipinski definition) is 1. The molecule has 2 bridgehead atoms. The number of likely N-dealkylation sites (tertiary alicyclic amines) is 1. The second kappa shape index (κ2) is 7.30. The van der Waals surface area contributed by atoms with Gasteiger partial charge in [-0.3, -0.25) is 0 Å². The molecule has 5 nitrogen and oxygen atoms in total. The van der Waals surface area contributed by atoms with Crippen molar-refractivity contribution in [3.8, 4) is 0 Å². The Balaban J connectivity index is 1.83. The summed E-state index contributed by atoms with van der Waals surface area (Å²) in [6, 6.07) is 6.89. The molecule has 3 rings (SSSR count). The Bertz CT molecular complexity index is 681. The number of carbonyl (C=O) groups excluding carboxylic acids is 2. The number of nitrogens with one attached hydrogen (secondary N) is 1. The fourth-order valence-corrected chi connectivity index (χ4v) is 3.84. The lowest BCUT2D eigenvalue weighted by molar-refractivity contribution is -0.152. The van der Waals surface area contributed by atoms with Crippen molar-refractivity contribution < 1.29 is 14.3 Å². The van der Waals surface area contributed by atoms with Gasteiger partial charge in [-0.25, -0.2) is 9.59 Å². The Labute approximate surface area is 149 Å². The molecular weight excluding hydrogens is 316 g/mol. The minimum Gasteiger partial charge on any atom is -0.464 e. The predicted molar refractivity (Wildman–Crippen MR) is 97.3 cm³/mol. The van der Waals surface area contributed by atoms with Crippen LogP contribution in [0.25, 0.3) is 0 Å². The number of carbonyl (C=O) groups is 2. The summed E-state index contributed by atoms with van der Waals surface area (Å²) in [6.45, 7) is 6.75. The van der Waals surface area contributed by atoms with Crippen LogP contribution >= 0.6 is 0 Å². The number of allylic oxidation sites excluding steroid dienone is 1. The highest BCUT2D eigenvalue weighted by molar-refractivity contribution is 5.93. The monoisotopic (exact) mass is 342 g/mol. The average molecular weight is 342 g/mol. The number of fused-ring (bicyclic) bond motifs is 2. The van der Waals surface area contributed by atoms with Gasteiger partial charge in [0.25, 0.3) is 0 Å². The molecule has 0 spiro atoms. The van der Waals surface area contributed by atoms with Gasteiger partial charge in [0.05, 0.1) is 6.61 Å². The number of benzene rings is 1. The Morgan fingerprint density at radius 1 is 1.24 bits per heavy atom. The average Bonchev–Trinajstić information content (AvgIpc) is 2.60. The Hall–Kier alpha value is -2.30. The summed E-state index contributed by atoms with van der Waals surface area (Å²) >= 11 is 0. The summed E-state index contributed by atoms with van der Waals surface area (Å²) in [6.07, 6.45) is 4.12. The highest BCUT2D eigenvalue weighted by Gasteiger charge is 2.45. The van der Waals surface area contributed by atoms with Crippen LogP contribution in [-0.2, 0) is 9.53 Å². The van der Waals surface area contributed by atoms with Crippen LogP contribution in [0.1, 0.15) is 32.3 Å². The number of ether oxygens (including phenoxy) is 1. The summed E-state index contributed by atoms with van der Waals surface area (Å²) < 4.78 is 5.28. The zero-order valence-corrected chi connectivity index (χ0v) is 15.1. The van der Waals surface area contributed by atoms with E-state index >= 15 is 0 Å². The maximum Gasteiger partial charge on any atom is 0.329 e. The smallest absolute Gasteiger partial charge is 0.329 e. The number of esters is 1. The van der Waals surface area contributed by atoms with Crippen LogP contribution in [0, 0.1) is 18.8 Å². The van der Waals surface area contributed by atoms with E-state index in [1.165, 1.54) is 5.57 Å². The normalized spacial score (nSPS) is 25.2. The van der Waals surface area contributed by atoms with Crippen molar-refractivity contribution >= 4 is 17.7 Å². The highest BCUT2D eigenvalue weighted by atomic mass is 16.5. The SMILES string of the molecule is CCOC(=O)[C@H]1[C@@H]2C[C@@H](CC=C2C)CN1C(=O)Nc1ccc(C)cc1. The Morgan fingerprint density at radius 3 is 2.64 bits per heavy atom. The van der Waals surface area contributed by atoms with Crippen LogP contribution in [0.5, 0.6) is 0 Å². The van der Waals surface area contributed by atoms with Crippen LogP contribution < -0.4 is 5.32 Å². The summed E-state index contributed by atoms with van der Waals surface area (Å²) in [5, 5.41) is 2.93. The molecule has 2 amide bonds. The number of piperidine rings is 1. The molecule has 1 aromatic carbocycles. The third kappa shape index (κ3) is 3.70. The van der Waals surface area contributed by atoms with E-state index in [2.05, 4.69) is 18.3 Å². The van der Waals surface area contributed by atoms with Crippen molar-refractivity contribution in [3.63, 3.8) is 0 Å². The van der Waals surface area contributed by atoms with Crippen molar-refractivity contribution in [1.82, 2.24) is 4.90 Å². The third-order valence-electron chi connectivity index (χ3n) is 5.21. The Morgan fingerprint density at radius 2 is 1.96 bits per heavy atom. The van der Waals surface area contributed by atoms with Gasteiger partial charge in [0.2, 0.25) is 0 Å². The van der Waals surface area contributed by atoms with Crippen molar-refractivity contribution in [2.75, 3.05) is 18.5 Å². The zero-order chi connectivity index (χ0) is 18.0. The van der Waals surface area contributed by atoms with Crippen molar-refractivity contribution in [3.05, 3.63) is 41.5 Å². The standard InChI is InChI=1S/C20H26N2O3/c1-4-25-19(23)18-17-11-15(8-7-14(17)3)12-22(18)20(24)21-16-9-5-13(2)6-10-16/h5-7,9-10,15,17-18H,4,8,11-12H2,1-3H3,(H,21,24)/t15-,17-,18-/m1/s1. The van der Waals surface area contributed by atoms with E-state index < -0.39 is 6.04 Å². The first-order chi connectivity index (χ1) is 12.0. The van der Waals surface area contributed by atoms with Gasteiger partial charge >= 0.3 is 12.0 Å². The second-order valence-corrected chi connectivity index (χ2v) is 7.04. The van der Waals surface area contributed by atoms with Crippen LogP contribution in [0.3, 0.4) is 0 Å². The molecule has 25 heavy (non-hydrogen) atoms. The molecule has 1 aromatic rings. The maximum absolute atomic E-state index is 12.9. The lowest BCUT2D eigenvalue weighted by Gasteiger charge is -2.45. The van der Waals surface area contributed by atoms with Crippen molar-refractivity contribution in [1.29, 1.82) is 0 Å². The topological polar surface area (TPSA) is 58.6 Å². The molecule has 1 aliphatic carbocycles. The van der Waals surface area contributed by atoms with Gasteiger partial charge in [-0.05, 0) is 51.7 Å². The van der Waals surface area contributed by atoms with Gasteiger partial charge in [0.15, 0.2) is 0 Å². The van der Waals surface area contributed by atoms with Gasteiger partial charge in [0, 0.05) is 18.2 Å². The van der Waals surface area contributed by atoms with E-state index in [4.69, 9.17) is 4.74 Å². The number of hydrogen-bond acceptors (Lipinski definition) is 3. The molecule has 0 aromatic heterocycles. The minimum absolute atomic E-state index is 0.0512. The first kappa shape index (κ1) is 17.5. The largest absolute Gasteiger partial charge is 0.464 e. The van der Waals surface area contributed by atoms with Gasteiger partial charge < -0.3 is 15.0 Å². The molecule has 1 fully saturated rings. The second-order valence-electron chi connectivity index (χ2n) is 7.04. The van der Waals surface area contributed by atoms with E-state index in [-0.39, 0.29) is 17.9 Å². The van der Waals surface area contributed by atoms with Crippen LogP contribution in [0.2, 0.25) is 0 Å². The van der Waals surface area contributed by atoms with E-state index in [9.17, 15) is 9.59 Å². The van der Waals surface area contributed by atoms with Gasteiger partial charge in [-0.2, -0.15) is 0 Å². The quantitative estimate of drug-likeness (QED) is 0.672. The lowest BCUT2D eigenvalue weighted by Crippen LogP contribution is -2.57. The maximum atomic E-state index is 12.9. The number of rotatable bonds is 3.